The normalized spacial score (nSPS) is 15.8. The van der Waals surface area contributed by atoms with Crippen LogP contribution in [0.4, 0.5) is 4.53 Å². The van der Waals surface area contributed by atoms with Crippen LogP contribution in [0.15, 0.2) is 12.7 Å². The van der Waals surface area contributed by atoms with E-state index in [1.165, 1.54) is 6.08 Å². The molecule has 0 aliphatic carbocycles. The lowest BCUT2D eigenvalue weighted by Gasteiger charge is -2.06. The van der Waals surface area contributed by atoms with Crippen LogP contribution in [0, 0.1) is 0 Å². The van der Waals surface area contributed by atoms with Crippen molar-refractivity contribution in [3.05, 3.63) is 12.7 Å². The molecule has 4 nitrogen and oxygen atoms in total. The third-order valence-corrected chi connectivity index (χ3v) is 2.08. The highest BCUT2D eigenvalue weighted by Gasteiger charge is 2.27. The highest BCUT2D eigenvalue weighted by atomic mass is 35.5. The van der Waals surface area contributed by atoms with Crippen molar-refractivity contribution in [1.29, 1.82) is 0 Å². The van der Waals surface area contributed by atoms with Gasteiger partial charge in [-0.05, 0) is 10.9 Å². The summed E-state index contributed by atoms with van der Waals surface area (Å²) in [6, 6.07) is 0. The van der Waals surface area contributed by atoms with Crippen molar-refractivity contribution >= 4 is 19.7 Å². The van der Waals surface area contributed by atoms with Gasteiger partial charge in [0.2, 0.25) is 0 Å². The Labute approximate surface area is 68.6 Å². The predicted molar refractivity (Wildman–Crippen MR) is 37.5 cm³/mol. The molecule has 66 valence electrons. The zero-order valence-corrected chi connectivity index (χ0v) is 7.19. The fourth-order valence-electron chi connectivity index (χ4n) is 0.298. The Morgan fingerprint density at radius 2 is 2.36 bits per heavy atom. The summed E-state index contributed by atoms with van der Waals surface area (Å²) in [6.07, 6.45) is 1.89. The van der Waals surface area contributed by atoms with E-state index in [9.17, 15) is 9.09 Å². The molecule has 0 bridgehead atoms. The molecule has 0 rings (SSSR count). The third kappa shape index (κ3) is 4.50. The fourth-order valence-corrected chi connectivity index (χ4v) is 0.912. The van der Waals surface area contributed by atoms with Gasteiger partial charge in [-0.1, -0.05) is 10.8 Å². The van der Waals surface area contributed by atoms with E-state index in [0.29, 0.717) is 6.42 Å². The van der Waals surface area contributed by atoms with Gasteiger partial charge < -0.3 is 0 Å². The van der Waals surface area contributed by atoms with Gasteiger partial charge in [0.1, 0.15) is 0 Å². The highest BCUT2D eigenvalue weighted by Crippen LogP contribution is 2.50. The van der Waals surface area contributed by atoms with Crippen molar-refractivity contribution in [1.82, 2.24) is 0 Å². The van der Waals surface area contributed by atoms with Crippen molar-refractivity contribution in [2.45, 2.75) is 6.42 Å². The van der Waals surface area contributed by atoms with Crippen LogP contribution in [0.2, 0.25) is 0 Å². The summed E-state index contributed by atoms with van der Waals surface area (Å²) in [7, 11) is -4.16. The first-order valence-corrected chi connectivity index (χ1v) is 4.41. The third-order valence-electron chi connectivity index (χ3n) is 0.740. The van der Waals surface area contributed by atoms with Crippen molar-refractivity contribution in [2.75, 3.05) is 6.61 Å². The van der Waals surface area contributed by atoms with E-state index in [1.807, 2.05) is 0 Å². The monoisotopic (exact) mass is 204 g/mol. The maximum Gasteiger partial charge on any atom is 0.522 e. The molecule has 0 aromatic rings. The minimum absolute atomic E-state index is 0.0303. The number of halogens is 2. The van der Waals surface area contributed by atoms with Crippen LogP contribution in [0.5, 0.6) is 0 Å². The van der Waals surface area contributed by atoms with Crippen molar-refractivity contribution < 1.29 is 22.4 Å². The van der Waals surface area contributed by atoms with Gasteiger partial charge >= 0.3 is 7.82 Å². The van der Waals surface area contributed by atoms with Gasteiger partial charge in [0.25, 0.3) is 0 Å². The van der Waals surface area contributed by atoms with E-state index < -0.39 is 7.82 Å². The van der Waals surface area contributed by atoms with Gasteiger partial charge in [0.05, 0.1) is 18.5 Å². The molecule has 7 heteroatoms. The molecule has 0 heterocycles. The molecule has 0 aliphatic heterocycles. The first-order valence-electron chi connectivity index (χ1n) is 2.64. The van der Waals surface area contributed by atoms with Gasteiger partial charge in [0.15, 0.2) is 0 Å². The van der Waals surface area contributed by atoms with Gasteiger partial charge in [-0.15, -0.1) is 6.58 Å². The first-order chi connectivity index (χ1) is 5.18. The molecule has 0 saturated carbocycles. The lowest BCUT2D eigenvalue weighted by atomic mass is 10.5. The maximum absolute atomic E-state index is 11.3. The van der Waals surface area contributed by atoms with E-state index in [-0.39, 0.29) is 6.61 Å². The second-order valence-electron chi connectivity index (χ2n) is 1.50. The molecular weight excluding hydrogens is 197 g/mol. The Hall–Kier alpha value is 0.0700. The number of hydrogen-bond acceptors (Lipinski definition) is 4. The van der Waals surface area contributed by atoms with Gasteiger partial charge in [-0.3, -0.25) is 4.52 Å². The smallest absolute Gasteiger partial charge is 0.284 e. The molecule has 0 amide bonds. The lowest BCUT2D eigenvalue weighted by molar-refractivity contribution is -0.0440. The van der Waals surface area contributed by atoms with Gasteiger partial charge in [-0.25, -0.2) is 4.57 Å². The van der Waals surface area contributed by atoms with E-state index in [4.69, 9.17) is 0 Å². The molecule has 0 aromatic carbocycles. The molecule has 0 fully saturated rings. The molecule has 0 aromatic heterocycles. The zero-order chi connectivity index (χ0) is 8.74. The number of phosphoric acid groups is 1. The molecule has 0 saturated heterocycles. The van der Waals surface area contributed by atoms with Crippen LogP contribution in [-0.4, -0.2) is 6.61 Å². The average molecular weight is 205 g/mol. The Morgan fingerprint density at radius 3 is 2.73 bits per heavy atom. The SMILES string of the molecule is C=CCCOP(=O)(OF)OCl. The number of hydrogen-bond donors (Lipinski definition) is 0. The molecule has 11 heavy (non-hydrogen) atoms. The van der Waals surface area contributed by atoms with E-state index in [0.717, 1.165) is 0 Å². The number of rotatable bonds is 6. The van der Waals surface area contributed by atoms with Crippen molar-refractivity contribution in [3.8, 4) is 0 Å². The maximum atomic E-state index is 11.3. The van der Waals surface area contributed by atoms with Crippen LogP contribution in [-0.2, 0) is 17.9 Å². The summed E-state index contributed by atoms with van der Waals surface area (Å²) in [5.41, 5.74) is 0. The van der Waals surface area contributed by atoms with Gasteiger partial charge in [0, 0.05) is 0 Å². The van der Waals surface area contributed by atoms with Gasteiger partial charge in [-0.2, -0.15) is 4.08 Å². The van der Waals surface area contributed by atoms with Crippen LogP contribution in [0.25, 0.3) is 0 Å². The first kappa shape index (κ1) is 11.1. The minimum atomic E-state index is -4.16. The largest absolute Gasteiger partial charge is 0.522 e. The Bertz CT molecular complexity index is 156. The summed E-state index contributed by atoms with van der Waals surface area (Å²) in [6.45, 7) is 3.32. The lowest BCUT2D eigenvalue weighted by Crippen LogP contribution is -1.92. The van der Waals surface area contributed by atoms with E-state index >= 15 is 0 Å². The second-order valence-corrected chi connectivity index (χ2v) is 3.34. The molecule has 0 spiro atoms. The van der Waals surface area contributed by atoms with Crippen LogP contribution < -0.4 is 0 Å². The fraction of sp³-hybridized carbons (Fsp3) is 0.500. The Kier molecular flexibility index (Phi) is 5.72. The van der Waals surface area contributed by atoms with Crippen LogP contribution in [0.1, 0.15) is 6.42 Å². The standard InChI is InChI=1S/C4H7ClFO4P/c1-2-3-4-8-11(7,9-5)10-6/h2H,1,3-4H2. The minimum Gasteiger partial charge on any atom is -0.284 e. The average Bonchev–Trinajstić information content (AvgIpc) is 2.05. The molecule has 0 aliphatic rings. The summed E-state index contributed by atoms with van der Waals surface area (Å²) in [4.78, 5) is 0. The van der Waals surface area contributed by atoms with Crippen molar-refractivity contribution in [3.63, 3.8) is 0 Å². The second kappa shape index (κ2) is 5.69. The summed E-state index contributed by atoms with van der Waals surface area (Å²) >= 11 is 4.61. The molecule has 0 radical (unpaired) electrons. The molecule has 1 unspecified atom stereocenters. The van der Waals surface area contributed by atoms with E-state index in [1.54, 1.807) is 0 Å². The topological polar surface area (TPSA) is 44.8 Å². The highest BCUT2D eigenvalue weighted by molar-refractivity contribution is 7.49. The van der Waals surface area contributed by atoms with E-state index in [2.05, 4.69) is 31.8 Å². The summed E-state index contributed by atoms with van der Waals surface area (Å²) < 4.78 is 32.8. The zero-order valence-electron chi connectivity index (χ0n) is 5.53. The quantitative estimate of drug-likeness (QED) is 0.379. The molecule has 1 atom stereocenters. The summed E-state index contributed by atoms with van der Waals surface area (Å²) in [5, 5.41) is 0. The Morgan fingerprint density at radius 1 is 1.73 bits per heavy atom. The Balaban J connectivity index is 3.69. The van der Waals surface area contributed by atoms with Crippen molar-refractivity contribution in [2.24, 2.45) is 0 Å². The van der Waals surface area contributed by atoms with Crippen LogP contribution >= 0.6 is 19.7 Å². The molecular formula is C4H7ClFO4P. The predicted octanol–water partition coefficient (Wildman–Crippen LogP) is 2.76. The van der Waals surface area contributed by atoms with Crippen LogP contribution in [0.3, 0.4) is 0 Å². The molecule has 0 N–H and O–H groups in total. The summed E-state index contributed by atoms with van der Waals surface area (Å²) in [5.74, 6) is 0.